The van der Waals surface area contributed by atoms with Crippen molar-refractivity contribution in [3.63, 3.8) is 0 Å². The van der Waals surface area contributed by atoms with Crippen molar-refractivity contribution in [3.05, 3.63) is 47.5 Å². The van der Waals surface area contributed by atoms with E-state index < -0.39 is 41.8 Å². The molecule has 0 aliphatic heterocycles. The second-order valence-electron chi connectivity index (χ2n) is 15.1. The highest BCUT2D eigenvalue weighted by Crippen LogP contribution is 2.38. The van der Waals surface area contributed by atoms with Gasteiger partial charge in [-0.25, -0.2) is 13.2 Å². The van der Waals surface area contributed by atoms with Crippen molar-refractivity contribution in [1.82, 2.24) is 0 Å². The Balaban J connectivity index is 1.08. The van der Waals surface area contributed by atoms with Crippen LogP contribution in [0, 0.1) is 46.9 Å². The number of halogens is 7. The van der Waals surface area contributed by atoms with Gasteiger partial charge in [0.1, 0.15) is 18.5 Å². The number of alkyl halides is 3. The molecule has 0 N–H and O–H groups in total. The van der Waals surface area contributed by atoms with E-state index in [4.69, 9.17) is 18.9 Å². The van der Waals surface area contributed by atoms with E-state index in [0.717, 1.165) is 25.7 Å². The van der Waals surface area contributed by atoms with Crippen molar-refractivity contribution in [3.8, 4) is 23.0 Å². The summed E-state index contributed by atoms with van der Waals surface area (Å²) in [5, 5.41) is 0. The predicted molar refractivity (Wildman–Crippen MR) is 193 cm³/mol. The third-order valence-electron chi connectivity index (χ3n) is 11.4. The summed E-state index contributed by atoms with van der Waals surface area (Å²) in [4.78, 5) is 0. The monoisotopic (exact) mass is 760 g/mol. The zero-order valence-electron chi connectivity index (χ0n) is 31.5. The van der Waals surface area contributed by atoms with Gasteiger partial charge < -0.3 is 18.9 Å². The van der Waals surface area contributed by atoms with Gasteiger partial charge in [0.2, 0.25) is 23.3 Å². The fraction of sp³-hybridized carbons (Fsp3) is 0.714. The number of unbranched alkanes of at least 4 members (excludes halogenated alkanes) is 5. The maximum absolute atomic E-state index is 15.0. The molecular formula is C42H59F7O4. The lowest BCUT2D eigenvalue weighted by atomic mass is 9.77. The van der Waals surface area contributed by atoms with Crippen molar-refractivity contribution in [2.75, 3.05) is 26.9 Å². The quantitative estimate of drug-likeness (QED) is 0.0835. The molecule has 3 atom stereocenters. The number of benzene rings is 2. The van der Waals surface area contributed by atoms with E-state index in [1.807, 2.05) is 0 Å². The molecule has 2 aliphatic rings. The minimum atomic E-state index is -1.26. The predicted octanol–water partition coefficient (Wildman–Crippen LogP) is 12.6. The highest BCUT2D eigenvalue weighted by molar-refractivity contribution is 5.35. The van der Waals surface area contributed by atoms with Crippen LogP contribution < -0.4 is 18.9 Å². The zero-order chi connectivity index (χ0) is 38.2. The van der Waals surface area contributed by atoms with Crippen LogP contribution in [0.2, 0.25) is 0 Å². The summed E-state index contributed by atoms with van der Waals surface area (Å²) < 4.78 is 123. The van der Waals surface area contributed by atoms with Crippen LogP contribution in [0.1, 0.15) is 122 Å². The molecule has 2 aromatic carbocycles. The molecule has 2 saturated carbocycles. The molecule has 0 bridgehead atoms. The molecular weight excluding hydrogens is 701 g/mol. The van der Waals surface area contributed by atoms with Crippen LogP contribution in [0.15, 0.2) is 24.3 Å². The Bertz CT molecular complexity index is 1350. The van der Waals surface area contributed by atoms with Crippen LogP contribution in [0.3, 0.4) is 0 Å². The summed E-state index contributed by atoms with van der Waals surface area (Å²) in [5.41, 5.74) is 0. The van der Waals surface area contributed by atoms with Gasteiger partial charge in [-0.2, -0.15) is 17.6 Å². The second-order valence-corrected chi connectivity index (χ2v) is 15.1. The van der Waals surface area contributed by atoms with E-state index >= 15 is 4.39 Å². The maximum atomic E-state index is 15.0. The first-order valence-corrected chi connectivity index (χ1v) is 19.9. The standard InChI is InChI=1S/C42H59F7O4/c1-3-4-5-6-7-8-9-28-10-12-29(13-11-28)32(43)22-25-52-37-20-21-38(42(49)41(37)48)53-27-24-34(45)31-16-14-30(15-17-31)33(44)23-26-51-36-19-18-35(50-2)39(46)40(36)47/h18-21,28-34H,3-17,22-27H2,1-2H3. The minimum Gasteiger partial charge on any atom is -0.494 e. The lowest BCUT2D eigenvalue weighted by Gasteiger charge is -2.32. The van der Waals surface area contributed by atoms with Gasteiger partial charge in [-0.15, -0.1) is 0 Å². The van der Waals surface area contributed by atoms with E-state index in [0.29, 0.717) is 31.6 Å². The van der Waals surface area contributed by atoms with Gasteiger partial charge in [0.25, 0.3) is 0 Å². The summed E-state index contributed by atoms with van der Waals surface area (Å²) in [6.07, 6.45) is 11.1. The minimum absolute atomic E-state index is 0.0160. The molecule has 0 amide bonds. The van der Waals surface area contributed by atoms with Gasteiger partial charge in [-0.1, -0.05) is 64.7 Å². The molecule has 0 heterocycles. The van der Waals surface area contributed by atoms with Crippen molar-refractivity contribution in [2.45, 2.75) is 141 Å². The van der Waals surface area contributed by atoms with Crippen LogP contribution >= 0.6 is 0 Å². The van der Waals surface area contributed by atoms with Crippen molar-refractivity contribution in [1.29, 1.82) is 0 Å². The summed E-state index contributed by atoms with van der Waals surface area (Å²) in [6.45, 7) is 1.84. The Morgan fingerprint density at radius 2 is 0.849 bits per heavy atom. The molecule has 4 rings (SSSR count). The van der Waals surface area contributed by atoms with Crippen LogP contribution in [0.4, 0.5) is 30.7 Å². The summed E-state index contributed by atoms with van der Waals surface area (Å²) in [7, 11) is 1.22. The average Bonchev–Trinajstić information content (AvgIpc) is 3.17. The highest BCUT2D eigenvalue weighted by Gasteiger charge is 2.32. The van der Waals surface area contributed by atoms with Gasteiger partial charge in [-0.05, 0) is 86.5 Å². The average molecular weight is 761 g/mol. The van der Waals surface area contributed by atoms with Gasteiger partial charge in [0.05, 0.1) is 26.9 Å². The fourth-order valence-corrected chi connectivity index (χ4v) is 7.99. The van der Waals surface area contributed by atoms with E-state index in [1.54, 1.807) is 0 Å². The first kappa shape index (κ1) is 42.9. The Morgan fingerprint density at radius 3 is 1.25 bits per heavy atom. The van der Waals surface area contributed by atoms with Crippen LogP contribution in [0.5, 0.6) is 23.0 Å². The molecule has 2 fully saturated rings. The third-order valence-corrected chi connectivity index (χ3v) is 11.4. The van der Waals surface area contributed by atoms with Gasteiger partial charge >= 0.3 is 0 Å². The molecule has 2 aromatic rings. The van der Waals surface area contributed by atoms with Gasteiger partial charge in [0, 0.05) is 19.3 Å². The molecule has 0 saturated heterocycles. The number of methoxy groups -OCH3 is 1. The first-order chi connectivity index (χ1) is 25.6. The Morgan fingerprint density at radius 1 is 0.509 bits per heavy atom. The van der Waals surface area contributed by atoms with E-state index in [-0.39, 0.29) is 79.8 Å². The summed E-state index contributed by atoms with van der Waals surface area (Å²) in [6, 6.07) is 4.93. The van der Waals surface area contributed by atoms with E-state index in [1.165, 1.54) is 76.3 Å². The highest BCUT2D eigenvalue weighted by atomic mass is 19.2. The van der Waals surface area contributed by atoms with E-state index in [2.05, 4.69) is 6.92 Å². The molecule has 11 heteroatoms. The van der Waals surface area contributed by atoms with Gasteiger partial charge in [-0.3, -0.25) is 0 Å². The van der Waals surface area contributed by atoms with Crippen LogP contribution in [-0.4, -0.2) is 45.4 Å². The topological polar surface area (TPSA) is 36.9 Å². The molecule has 3 unspecified atom stereocenters. The van der Waals surface area contributed by atoms with Gasteiger partial charge in [0.15, 0.2) is 23.0 Å². The maximum Gasteiger partial charge on any atom is 0.204 e. The molecule has 4 nitrogen and oxygen atoms in total. The first-order valence-electron chi connectivity index (χ1n) is 19.9. The fourth-order valence-electron chi connectivity index (χ4n) is 7.99. The summed E-state index contributed by atoms with van der Waals surface area (Å²) in [5.74, 6) is -6.04. The molecule has 2 aliphatic carbocycles. The molecule has 0 aromatic heterocycles. The third kappa shape index (κ3) is 13.2. The number of hydrogen-bond donors (Lipinski definition) is 0. The summed E-state index contributed by atoms with van der Waals surface area (Å²) >= 11 is 0. The Hall–Kier alpha value is -2.85. The number of hydrogen-bond acceptors (Lipinski definition) is 4. The van der Waals surface area contributed by atoms with Crippen LogP contribution in [0.25, 0.3) is 0 Å². The second kappa shape index (κ2) is 22.5. The lowest BCUT2D eigenvalue weighted by molar-refractivity contribution is 0.0887. The largest absolute Gasteiger partial charge is 0.494 e. The number of ether oxygens (including phenoxy) is 4. The molecule has 53 heavy (non-hydrogen) atoms. The number of rotatable bonds is 23. The Kier molecular flexibility index (Phi) is 18.2. The SMILES string of the molecule is CCCCCCCCC1CCC(C(F)CCOc2ccc(OCCC(F)C3CCC(C(F)CCOc4ccc(OC)c(F)c4F)CC3)c(F)c2F)CC1. The van der Waals surface area contributed by atoms with Crippen molar-refractivity contribution < 1.29 is 49.7 Å². The van der Waals surface area contributed by atoms with Crippen LogP contribution in [-0.2, 0) is 0 Å². The molecule has 0 radical (unpaired) electrons. The Labute approximate surface area is 311 Å². The van der Waals surface area contributed by atoms with Crippen molar-refractivity contribution in [2.24, 2.45) is 23.7 Å². The zero-order valence-corrected chi connectivity index (χ0v) is 31.5. The van der Waals surface area contributed by atoms with Crippen molar-refractivity contribution >= 4 is 0 Å². The lowest BCUT2D eigenvalue weighted by Crippen LogP contribution is -2.29. The molecule has 0 spiro atoms. The smallest absolute Gasteiger partial charge is 0.204 e. The van der Waals surface area contributed by atoms with E-state index in [9.17, 15) is 26.3 Å². The normalized spacial score (nSPS) is 22.2. The molecule has 300 valence electrons.